The Hall–Kier alpha value is -0.770. The van der Waals surface area contributed by atoms with Crippen LogP contribution in [0.3, 0.4) is 0 Å². The van der Waals surface area contributed by atoms with Crippen molar-refractivity contribution < 1.29 is 4.42 Å². The van der Waals surface area contributed by atoms with Gasteiger partial charge >= 0.3 is 0 Å². The number of carbonyl (C=O) groups excluding carboxylic acids is 1. The molecule has 1 heteroatoms. The van der Waals surface area contributed by atoms with E-state index in [1.165, 1.54) is 12.8 Å². The van der Waals surface area contributed by atoms with Gasteiger partial charge in [-0.05, 0) is 0 Å². The minimum absolute atomic E-state index is 0.655. The van der Waals surface area contributed by atoms with Gasteiger partial charge in [0.15, 0.2) is 0 Å². The van der Waals surface area contributed by atoms with E-state index in [0.717, 1.165) is 6.42 Å². The molecule has 0 aromatic carbocycles. The third kappa shape index (κ3) is 7.23. The summed E-state index contributed by atoms with van der Waals surface area (Å²) in [6.07, 6.45) is 5.85. The summed E-state index contributed by atoms with van der Waals surface area (Å²) in [7, 11) is 0. The van der Waals surface area contributed by atoms with E-state index in [0.29, 0.717) is 6.61 Å². The number of unbranched alkanes of at least 4 members (excludes halogenated alkanes) is 2. The number of hydrogen-bond acceptors (Lipinski definition) is 0. The van der Waals surface area contributed by atoms with Crippen molar-refractivity contribution in [1.82, 2.24) is 0 Å². The SMILES string of the molecule is CCCCC#C[C-]=[O+]CC. The van der Waals surface area contributed by atoms with Gasteiger partial charge < -0.3 is 10.3 Å². The Kier molecular flexibility index (Phi) is 7.60. The molecule has 0 atom stereocenters. The van der Waals surface area contributed by atoms with Gasteiger partial charge in [0.1, 0.15) is 0 Å². The summed E-state index contributed by atoms with van der Waals surface area (Å²) in [6.45, 7) is 4.72. The molecule has 0 aliphatic heterocycles. The van der Waals surface area contributed by atoms with Crippen molar-refractivity contribution in [3.8, 4) is 11.8 Å². The zero-order chi connectivity index (χ0) is 7.66. The molecule has 0 saturated carbocycles. The Balaban J connectivity index is 3.22. The lowest BCUT2D eigenvalue weighted by Crippen LogP contribution is -1.76. The van der Waals surface area contributed by atoms with Crippen LogP contribution < -0.4 is 0 Å². The first-order chi connectivity index (χ1) is 4.91. The van der Waals surface area contributed by atoms with Crippen LogP contribution in [0.25, 0.3) is 0 Å². The monoisotopic (exact) mass is 138 g/mol. The normalized spacial score (nSPS) is 9.40. The highest BCUT2D eigenvalue weighted by Crippen LogP contribution is 1.89. The molecule has 0 unspecified atom stereocenters. The third-order valence-corrected chi connectivity index (χ3v) is 1.01. The molecule has 0 heterocycles. The van der Waals surface area contributed by atoms with Gasteiger partial charge in [-0.3, -0.25) is 0 Å². The van der Waals surface area contributed by atoms with E-state index in [2.05, 4.69) is 25.1 Å². The van der Waals surface area contributed by atoms with Crippen molar-refractivity contribution in [3.63, 3.8) is 0 Å². The van der Waals surface area contributed by atoms with E-state index in [-0.39, 0.29) is 0 Å². The molecule has 0 aromatic rings. The smallest absolute Gasteiger partial charge is 0.272 e. The van der Waals surface area contributed by atoms with Crippen LogP contribution in [0.4, 0.5) is 0 Å². The fourth-order valence-electron chi connectivity index (χ4n) is 0.472. The van der Waals surface area contributed by atoms with E-state index in [1.807, 2.05) is 6.92 Å². The van der Waals surface area contributed by atoms with Gasteiger partial charge in [-0.2, -0.15) is 5.92 Å². The van der Waals surface area contributed by atoms with Crippen LogP contribution >= 0.6 is 0 Å². The first-order valence-corrected chi connectivity index (χ1v) is 3.76. The molecule has 1 nitrogen and oxygen atoms in total. The average molecular weight is 138 g/mol. The Morgan fingerprint density at radius 2 is 2.20 bits per heavy atom. The average Bonchev–Trinajstić information content (AvgIpc) is 1.97. The largest absolute Gasteiger partial charge is 0.343 e. The van der Waals surface area contributed by atoms with Crippen LogP contribution in [-0.4, -0.2) is 12.9 Å². The predicted octanol–water partition coefficient (Wildman–Crippen LogP) is 1.85. The van der Waals surface area contributed by atoms with Gasteiger partial charge in [-0.25, -0.2) is 0 Å². The van der Waals surface area contributed by atoms with Crippen LogP contribution in [0.15, 0.2) is 0 Å². The quantitative estimate of drug-likeness (QED) is 0.244. The van der Waals surface area contributed by atoms with Crippen molar-refractivity contribution >= 4 is 6.29 Å². The molecule has 0 fully saturated rings. The molecule has 10 heavy (non-hydrogen) atoms. The molecule has 0 radical (unpaired) electrons. The first kappa shape index (κ1) is 9.23. The molecule has 0 aromatic heterocycles. The van der Waals surface area contributed by atoms with Gasteiger partial charge in [-0.15, -0.1) is 0 Å². The van der Waals surface area contributed by atoms with Crippen LogP contribution in [0, 0.1) is 11.8 Å². The van der Waals surface area contributed by atoms with Crippen molar-refractivity contribution in [2.75, 3.05) is 6.61 Å². The summed E-state index contributed by atoms with van der Waals surface area (Å²) < 4.78 is 4.79. The maximum atomic E-state index is 4.79. The van der Waals surface area contributed by atoms with Gasteiger partial charge in [0.25, 0.3) is 6.29 Å². The van der Waals surface area contributed by atoms with Crippen molar-refractivity contribution in [3.05, 3.63) is 0 Å². The molecule has 0 saturated heterocycles. The highest BCUT2D eigenvalue weighted by atomic mass is 16.4. The van der Waals surface area contributed by atoms with Gasteiger partial charge in [-0.1, -0.05) is 26.2 Å². The fourth-order valence-corrected chi connectivity index (χ4v) is 0.472. The van der Waals surface area contributed by atoms with Crippen LogP contribution in [0.5, 0.6) is 0 Å². The molecule has 0 aliphatic rings. The molecular weight excluding hydrogens is 124 g/mol. The van der Waals surface area contributed by atoms with Crippen LogP contribution in [0.1, 0.15) is 33.1 Å². The van der Waals surface area contributed by atoms with E-state index in [1.54, 1.807) is 0 Å². The topological polar surface area (TPSA) is 11.3 Å². The van der Waals surface area contributed by atoms with E-state index in [9.17, 15) is 0 Å². The standard InChI is InChI=1S/C9H14O/c1-3-5-6-7-8-9-10-4-2/h3-6H2,1-2H3. The second-order valence-corrected chi connectivity index (χ2v) is 1.94. The maximum absolute atomic E-state index is 4.79. The summed E-state index contributed by atoms with van der Waals surface area (Å²) in [4.78, 5) is 0. The summed E-state index contributed by atoms with van der Waals surface area (Å²) in [5, 5.41) is 0. The molecule has 56 valence electrons. The second-order valence-electron chi connectivity index (χ2n) is 1.94. The fraction of sp³-hybridized carbons (Fsp3) is 0.667. The summed E-state index contributed by atoms with van der Waals surface area (Å²) >= 11 is 0. The van der Waals surface area contributed by atoms with E-state index in [4.69, 9.17) is 4.42 Å². The zero-order valence-corrected chi connectivity index (χ0v) is 6.74. The van der Waals surface area contributed by atoms with Gasteiger partial charge in [0.05, 0.1) is 0 Å². The second kappa shape index (κ2) is 8.23. The highest BCUT2D eigenvalue weighted by Gasteiger charge is 1.70. The number of rotatable bonds is 3. The van der Waals surface area contributed by atoms with E-state index >= 15 is 0 Å². The van der Waals surface area contributed by atoms with Crippen LogP contribution in [-0.2, 0) is 4.42 Å². The van der Waals surface area contributed by atoms with Crippen molar-refractivity contribution in [2.24, 2.45) is 0 Å². The number of hydrogen-bond donors (Lipinski definition) is 0. The Bertz CT molecular complexity index is 137. The van der Waals surface area contributed by atoms with E-state index < -0.39 is 0 Å². The molecule has 0 aliphatic carbocycles. The molecule has 0 amide bonds. The van der Waals surface area contributed by atoms with Crippen molar-refractivity contribution in [1.29, 1.82) is 0 Å². The Morgan fingerprint density at radius 1 is 1.40 bits per heavy atom. The lowest BCUT2D eigenvalue weighted by atomic mass is 10.3. The predicted molar refractivity (Wildman–Crippen MR) is 43.5 cm³/mol. The lowest BCUT2D eigenvalue weighted by molar-refractivity contribution is 0.125. The summed E-state index contributed by atoms with van der Waals surface area (Å²) in [5.74, 6) is 5.63. The lowest BCUT2D eigenvalue weighted by Gasteiger charge is -1.87. The van der Waals surface area contributed by atoms with Crippen LogP contribution in [0.2, 0.25) is 0 Å². The van der Waals surface area contributed by atoms with Gasteiger partial charge in [0, 0.05) is 6.92 Å². The molecular formula is C9H14O. The van der Waals surface area contributed by atoms with Crippen molar-refractivity contribution in [2.45, 2.75) is 33.1 Å². The minimum atomic E-state index is 0.655. The van der Waals surface area contributed by atoms with Gasteiger partial charge in [0.2, 0.25) is 6.61 Å². The molecule has 0 N–H and O–H groups in total. The third-order valence-electron chi connectivity index (χ3n) is 1.01. The summed E-state index contributed by atoms with van der Waals surface area (Å²) in [6, 6.07) is 0. The Morgan fingerprint density at radius 3 is 2.80 bits per heavy atom. The summed E-state index contributed by atoms with van der Waals surface area (Å²) in [5.41, 5.74) is 0. The minimum Gasteiger partial charge on any atom is -0.343 e. The first-order valence-electron chi connectivity index (χ1n) is 3.76. The Labute approximate surface area is 63.1 Å². The zero-order valence-electron chi connectivity index (χ0n) is 6.74. The highest BCUT2D eigenvalue weighted by molar-refractivity contribution is 5.73. The molecule has 0 bridgehead atoms. The maximum Gasteiger partial charge on any atom is 0.272 e. The molecule has 0 rings (SSSR count). The molecule has 0 spiro atoms.